The molecule has 1 atom stereocenters. The molecule has 0 aromatic heterocycles. The van der Waals surface area contributed by atoms with Crippen molar-refractivity contribution >= 4 is 0 Å². The minimum atomic E-state index is -1.05. The Kier molecular flexibility index (Phi) is 7.78. The van der Waals surface area contributed by atoms with E-state index in [0.29, 0.717) is 25.6 Å². The van der Waals surface area contributed by atoms with Gasteiger partial charge in [0, 0.05) is 24.7 Å². The molecule has 0 fully saturated rings. The SMILES string of the molecule is CCC(CC)N(CCO)CCC(O)c1cccc(F)c1F. The Hall–Kier alpha value is -1.04. The average Bonchev–Trinajstić information content (AvgIpc) is 2.48. The summed E-state index contributed by atoms with van der Waals surface area (Å²) in [7, 11) is 0. The summed E-state index contributed by atoms with van der Waals surface area (Å²) in [4.78, 5) is 2.08. The number of hydrogen-bond acceptors (Lipinski definition) is 3. The molecular formula is C16H25F2NO2. The van der Waals surface area contributed by atoms with E-state index in [1.54, 1.807) is 0 Å². The van der Waals surface area contributed by atoms with E-state index in [-0.39, 0.29) is 12.2 Å². The van der Waals surface area contributed by atoms with Crippen molar-refractivity contribution < 1.29 is 19.0 Å². The largest absolute Gasteiger partial charge is 0.395 e. The van der Waals surface area contributed by atoms with Crippen LogP contribution in [0.5, 0.6) is 0 Å². The number of nitrogens with zero attached hydrogens (tertiary/aromatic N) is 1. The summed E-state index contributed by atoms with van der Waals surface area (Å²) < 4.78 is 26.8. The fraction of sp³-hybridized carbons (Fsp3) is 0.625. The Morgan fingerprint density at radius 3 is 2.38 bits per heavy atom. The van der Waals surface area contributed by atoms with Crippen LogP contribution in [0.2, 0.25) is 0 Å². The van der Waals surface area contributed by atoms with Gasteiger partial charge in [0.25, 0.3) is 0 Å². The lowest BCUT2D eigenvalue weighted by Crippen LogP contribution is -2.38. The number of hydrogen-bond donors (Lipinski definition) is 2. The third kappa shape index (κ3) is 5.02. The third-order valence-corrected chi connectivity index (χ3v) is 3.88. The van der Waals surface area contributed by atoms with Crippen LogP contribution < -0.4 is 0 Å². The second-order valence-corrected chi connectivity index (χ2v) is 5.18. The highest BCUT2D eigenvalue weighted by molar-refractivity contribution is 5.21. The van der Waals surface area contributed by atoms with Gasteiger partial charge in [0.05, 0.1) is 12.7 Å². The topological polar surface area (TPSA) is 43.7 Å². The van der Waals surface area contributed by atoms with E-state index in [0.717, 1.165) is 18.9 Å². The van der Waals surface area contributed by atoms with Crippen molar-refractivity contribution in [2.24, 2.45) is 0 Å². The van der Waals surface area contributed by atoms with Crippen molar-refractivity contribution in [3.8, 4) is 0 Å². The fourth-order valence-electron chi connectivity index (χ4n) is 2.63. The molecule has 0 aliphatic carbocycles. The zero-order valence-electron chi connectivity index (χ0n) is 12.7. The van der Waals surface area contributed by atoms with Crippen molar-refractivity contribution in [1.82, 2.24) is 4.90 Å². The van der Waals surface area contributed by atoms with E-state index < -0.39 is 17.7 Å². The quantitative estimate of drug-likeness (QED) is 0.737. The molecule has 0 aliphatic heterocycles. The Balaban J connectivity index is 2.68. The van der Waals surface area contributed by atoms with Gasteiger partial charge in [-0.1, -0.05) is 26.0 Å². The van der Waals surface area contributed by atoms with Crippen LogP contribution in [0.1, 0.15) is 44.8 Å². The van der Waals surface area contributed by atoms with Crippen molar-refractivity contribution in [2.75, 3.05) is 19.7 Å². The molecule has 21 heavy (non-hydrogen) atoms. The van der Waals surface area contributed by atoms with Crippen molar-refractivity contribution in [1.29, 1.82) is 0 Å². The van der Waals surface area contributed by atoms with E-state index in [1.807, 2.05) is 0 Å². The zero-order valence-corrected chi connectivity index (χ0v) is 12.7. The maximum absolute atomic E-state index is 13.6. The first kappa shape index (κ1) is 18.0. The minimum absolute atomic E-state index is 0.0107. The predicted octanol–water partition coefficient (Wildman–Crippen LogP) is 2.87. The van der Waals surface area contributed by atoms with E-state index in [4.69, 9.17) is 5.11 Å². The number of rotatable bonds is 9. The van der Waals surface area contributed by atoms with Crippen molar-refractivity contribution in [3.63, 3.8) is 0 Å². The van der Waals surface area contributed by atoms with Crippen LogP contribution in [-0.4, -0.2) is 40.9 Å². The van der Waals surface area contributed by atoms with Crippen molar-refractivity contribution in [3.05, 3.63) is 35.4 Å². The molecule has 5 heteroatoms. The molecule has 0 heterocycles. The van der Waals surface area contributed by atoms with E-state index in [9.17, 15) is 13.9 Å². The normalized spacial score (nSPS) is 13.1. The van der Waals surface area contributed by atoms with Gasteiger partial charge in [-0.05, 0) is 25.3 Å². The molecule has 0 saturated carbocycles. The summed E-state index contributed by atoms with van der Waals surface area (Å²) in [5.74, 6) is -1.93. The summed E-state index contributed by atoms with van der Waals surface area (Å²) in [6, 6.07) is 4.15. The first-order valence-corrected chi connectivity index (χ1v) is 7.51. The second-order valence-electron chi connectivity index (χ2n) is 5.18. The molecule has 1 aromatic rings. The van der Waals surface area contributed by atoms with Gasteiger partial charge in [-0.3, -0.25) is 4.90 Å². The standard InChI is InChI=1S/C16H25F2NO2/c1-3-12(4-2)19(10-11-20)9-8-15(21)13-6-5-7-14(17)16(13)18/h5-7,12,15,20-21H,3-4,8-11H2,1-2H3. The third-order valence-electron chi connectivity index (χ3n) is 3.88. The number of benzene rings is 1. The maximum Gasteiger partial charge on any atom is 0.164 e. The van der Waals surface area contributed by atoms with E-state index >= 15 is 0 Å². The van der Waals surface area contributed by atoms with Gasteiger partial charge < -0.3 is 10.2 Å². The highest BCUT2D eigenvalue weighted by Gasteiger charge is 2.19. The van der Waals surface area contributed by atoms with Crippen LogP contribution in [0.15, 0.2) is 18.2 Å². The van der Waals surface area contributed by atoms with Gasteiger partial charge in [-0.15, -0.1) is 0 Å². The molecule has 0 aliphatic rings. The summed E-state index contributed by atoms with van der Waals surface area (Å²) in [5.41, 5.74) is -0.0107. The van der Waals surface area contributed by atoms with Gasteiger partial charge in [0.2, 0.25) is 0 Å². The Morgan fingerprint density at radius 2 is 1.81 bits per heavy atom. The van der Waals surface area contributed by atoms with Crippen LogP contribution in [0.3, 0.4) is 0 Å². The summed E-state index contributed by atoms with van der Waals surface area (Å²) in [5, 5.41) is 19.2. The van der Waals surface area contributed by atoms with Gasteiger partial charge >= 0.3 is 0 Å². The van der Waals surface area contributed by atoms with Gasteiger partial charge in [0.15, 0.2) is 11.6 Å². The van der Waals surface area contributed by atoms with Crippen molar-refractivity contribution in [2.45, 2.75) is 45.3 Å². The highest BCUT2D eigenvalue weighted by Crippen LogP contribution is 2.23. The van der Waals surface area contributed by atoms with E-state index in [1.165, 1.54) is 12.1 Å². The number of halogens is 2. The highest BCUT2D eigenvalue weighted by atomic mass is 19.2. The summed E-state index contributed by atoms with van der Waals surface area (Å²) in [6.07, 6.45) is 1.15. The van der Waals surface area contributed by atoms with Gasteiger partial charge in [-0.25, -0.2) is 8.78 Å². The molecule has 0 radical (unpaired) electrons. The first-order valence-electron chi connectivity index (χ1n) is 7.51. The monoisotopic (exact) mass is 301 g/mol. The molecule has 1 rings (SSSR count). The fourth-order valence-corrected chi connectivity index (χ4v) is 2.63. The lowest BCUT2D eigenvalue weighted by Gasteiger charge is -2.30. The average molecular weight is 301 g/mol. The molecule has 120 valence electrons. The smallest absolute Gasteiger partial charge is 0.164 e. The molecular weight excluding hydrogens is 276 g/mol. The van der Waals surface area contributed by atoms with Crippen LogP contribution in [-0.2, 0) is 0 Å². The Bertz CT molecular complexity index is 425. The van der Waals surface area contributed by atoms with Crippen LogP contribution in [0, 0.1) is 11.6 Å². The lowest BCUT2D eigenvalue weighted by atomic mass is 10.0. The zero-order chi connectivity index (χ0) is 15.8. The Labute approximate surface area is 125 Å². The Morgan fingerprint density at radius 1 is 1.14 bits per heavy atom. The molecule has 0 amide bonds. The number of aliphatic hydroxyl groups excluding tert-OH is 2. The molecule has 1 aromatic carbocycles. The first-order chi connectivity index (χ1) is 10.0. The molecule has 0 bridgehead atoms. The second kappa shape index (κ2) is 9.07. The van der Waals surface area contributed by atoms with Crippen LogP contribution in [0.4, 0.5) is 8.78 Å². The molecule has 0 saturated heterocycles. The summed E-state index contributed by atoms with van der Waals surface area (Å²) in [6.45, 7) is 5.23. The molecule has 3 nitrogen and oxygen atoms in total. The van der Waals surface area contributed by atoms with Crippen LogP contribution in [0.25, 0.3) is 0 Å². The molecule has 1 unspecified atom stereocenters. The van der Waals surface area contributed by atoms with Gasteiger partial charge in [0.1, 0.15) is 0 Å². The molecule has 0 spiro atoms. The lowest BCUT2D eigenvalue weighted by molar-refractivity contribution is 0.102. The minimum Gasteiger partial charge on any atom is -0.395 e. The van der Waals surface area contributed by atoms with Crippen LogP contribution >= 0.6 is 0 Å². The summed E-state index contributed by atoms with van der Waals surface area (Å²) >= 11 is 0. The molecule has 2 N–H and O–H groups in total. The van der Waals surface area contributed by atoms with Gasteiger partial charge in [-0.2, -0.15) is 0 Å². The number of aliphatic hydroxyl groups is 2. The maximum atomic E-state index is 13.6. The predicted molar refractivity (Wildman–Crippen MR) is 79.0 cm³/mol. The van der Waals surface area contributed by atoms with E-state index in [2.05, 4.69) is 18.7 Å².